The average Bonchev–Trinajstić information content (AvgIpc) is 2.71. The summed E-state index contributed by atoms with van der Waals surface area (Å²) in [6, 6.07) is 0. The van der Waals surface area contributed by atoms with Gasteiger partial charge in [0.25, 0.3) is 0 Å². The van der Waals surface area contributed by atoms with Crippen LogP contribution < -0.4 is 10.6 Å². The van der Waals surface area contributed by atoms with Crippen molar-refractivity contribution in [3.63, 3.8) is 0 Å². The van der Waals surface area contributed by atoms with Gasteiger partial charge >= 0.3 is 11.8 Å². The highest BCUT2D eigenvalue weighted by Crippen LogP contribution is 1.97. The quantitative estimate of drug-likeness (QED) is 0.601. The third-order valence-corrected chi connectivity index (χ3v) is 3.00. The minimum absolute atomic E-state index is 0.243. The molecule has 0 saturated carbocycles. The SMILES string of the molecule is COCC(CNC(=O)C(=O)N1CCCNCC1)OC. The Morgan fingerprint density at radius 1 is 1.32 bits per heavy atom. The van der Waals surface area contributed by atoms with E-state index in [9.17, 15) is 9.59 Å². The zero-order valence-electron chi connectivity index (χ0n) is 11.6. The molecular formula is C12H23N3O4. The topological polar surface area (TPSA) is 79.9 Å². The Morgan fingerprint density at radius 3 is 2.79 bits per heavy atom. The van der Waals surface area contributed by atoms with Crippen LogP contribution in [0.1, 0.15) is 6.42 Å². The molecule has 0 spiro atoms. The molecule has 19 heavy (non-hydrogen) atoms. The summed E-state index contributed by atoms with van der Waals surface area (Å²) in [6.07, 6.45) is 0.621. The first-order chi connectivity index (χ1) is 9.19. The summed E-state index contributed by atoms with van der Waals surface area (Å²) in [5, 5.41) is 5.77. The number of carbonyl (C=O) groups is 2. The van der Waals surface area contributed by atoms with Crippen molar-refractivity contribution in [2.24, 2.45) is 0 Å². The maximum absolute atomic E-state index is 11.9. The van der Waals surface area contributed by atoms with Gasteiger partial charge in [-0.2, -0.15) is 0 Å². The molecule has 1 saturated heterocycles. The number of nitrogens with one attached hydrogen (secondary N) is 2. The Balaban J connectivity index is 2.36. The van der Waals surface area contributed by atoms with E-state index in [4.69, 9.17) is 9.47 Å². The van der Waals surface area contributed by atoms with Crippen LogP contribution in [0, 0.1) is 0 Å². The van der Waals surface area contributed by atoms with Crippen molar-refractivity contribution in [2.75, 3.05) is 53.6 Å². The predicted octanol–water partition coefficient (Wildman–Crippen LogP) is -1.41. The molecule has 7 heteroatoms. The monoisotopic (exact) mass is 273 g/mol. The van der Waals surface area contributed by atoms with Gasteiger partial charge in [0.05, 0.1) is 12.7 Å². The van der Waals surface area contributed by atoms with Crippen LogP contribution in [0.5, 0.6) is 0 Å². The van der Waals surface area contributed by atoms with Crippen molar-refractivity contribution < 1.29 is 19.1 Å². The minimum Gasteiger partial charge on any atom is -0.382 e. The van der Waals surface area contributed by atoms with Gasteiger partial charge in [0, 0.05) is 40.4 Å². The summed E-state index contributed by atoms with van der Waals surface area (Å²) >= 11 is 0. The molecule has 0 aromatic heterocycles. The summed E-state index contributed by atoms with van der Waals surface area (Å²) in [5.74, 6) is -1.06. The summed E-state index contributed by atoms with van der Waals surface area (Å²) in [6.45, 7) is 3.43. The summed E-state index contributed by atoms with van der Waals surface area (Å²) < 4.78 is 10.1. The van der Waals surface area contributed by atoms with Crippen molar-refractivity contribution in [3.8, 4) is 0 Å². The van der Waals surface area contributed by atoms with Crippen LogP contribution in [-0.2, 0) is 19.1 Å². The maximum Gasteiger partial charge on any atom is 0.311 e. The average molecular weight is 273 g/mol. The first-order valence-electron chi connectivity index (χ1n) is 6.48. The lowest BCUT2D eigenvalue weighted by Crippen LogP contribution is -2.46. The standard InChI is InChI=1S/C12H23N3O4/c1-18-9-10(19-2)8-14-11(16)12(17)15-6-3-4-13-5-7-15/h10,13H,3-9H2,1-2H3,(H,14,16). The molecule has 1 atom stereocenters. The largest absolute Gasteiger partial charge is 0.382 e. The number of methoxy groups -OCH3 is 2. The Morgan fingerprint density at radius 2 is 2.11 bits per heavy atom. The van der Waals surface area contributed by atoms with Gasteiger partial charge in [-0.25, -0.2) is 0 Å². The number of amides is 2. The fourth-order valence-corrected chi connectivity index (χ4v) is 1.87. The molecule has 1 aliphatic heterocycles. The number of carbonyl (C=O) groups excluding carboxylic acids is 2. The molecule has 2 N–H and O–H groups in total. The molecule has 1 aliphatic rings. The normalized spacial score (nSPS) is 17.7. The van der Waals surface area contributed by atoms with Crippen molar-refractivity contribution in [2.45, 2.75) is 12.5 Å². The zero-order chi connectivity index (χ0) is 14.1. The third-order valence-electron chi connectivity index (χ3n) is 3.00. The lowest BCUT2D eigenvalue weighted by Gasteiger charge is -2.20. The van der Waals surface area contributed by atoms with E-state index >= 15 is 0 Å². The highest BCUT2D eigenvalue weighted by atomic mass is 16.5. The van der Waals surface area contributed by atoms with E-state index < -0.39 is 11.8 Å². The summed E-state index contributed by atoms with van der Waals surface area (Å²) in [5.41, 5.74) is 0. The summed E-state index contributed by atoms with van der Waals surface area (Å²) in [7, 11) is 3.10. The van der Waals surface area contributed by atoms with Gasteiger partial charge in [-0.15, -0.1) is 0 Å². The Labute approximate surface area is 113 Å². The number of nitrogens with zero attached hydrogens (tertiary/aromatic N) is 1. The molecule has 2 amide bonds. The molecule has 0 aromatic carbocycles. The molecule has 7 nitrogen and oxygen atoms in total. The Kier molecular flexibility index (Phi) is 7.39. The molecule has 0 radical (unpaired) electrons. The molecule has 1 rings (SSSR count). The van der Waals surface area contributed by atoms with Gasteiger partial charge in [-0.1, -0.05) is 0 Å². The molecule has 1 unspecified atom stereocenters. The molecular weight excluding hydrogens is 250 g/mol. The molecule has 0 aliphatic carbocycles. The van der Waals surface area contributed by atoms with Gasteiger partial charge in [-0.3, -0.25) is 9.59 Å². The van der Waals surface area contributed by atoms with Crippen molar-refractivity contribution in [1.29, 1.82) is 0 Å². The second-order valence-corrected chi connectivity index (χ2v) is 4.42. The van der Waals surface area contributed by atoms with E-state index in [0.29, 0.717) is 19.7 Å². The van der Waals surface area contributed by atoms with E-state index in [1.807, 2.05) is 0 Å². The van der Waals surface area contributed by atoms with Crippen LogP contribution in [0.25, 0.3) is 0 Å². The predicted molar refractivity (Wildman–Crippen MR) is 69.7 cm³/mol. The fourth-order valence-electron chi connectivity index (χ4n) is 1.87. The second kappa shape index (κ2) is 8.84. The van der Waals surface area contributed by atoms with Crippen molar-refractivity contribution in [1.82, 2.24) is 15.5 Å². The highest BCUT2D eigenvalue weighted by molar-refractivity contribution is 6.35. The van der Waals surface area contributed by atoms with Crippen molar-refractivity contribution in [3.05, 3.63) is 0 Å². The third kappa shape index (κ3) is 5.54. The first kappa shape index (κ1) is 15.9. The number of rotatable bonds is 5. The lowest BCUT2D eigenvalue weighted by atomic mass is 10.3. The molecule has 110 valence electrons. The number of hydrogen-bond donors (Lipinski definition) is 2. The Bertz CT molecular complexity index is 291. The van der Waals surface area contributed by atoms with E-state index in [2.05, 4.69) is 10.6 Å². The molecule has 1 heterocycles. The summed E-state index contributed by atoms with van der Waals surface area (Å²) in [4.78, 5) is 25.3. The molecule has 1 fully saturated rings. The second-order valence-electron chi connectivity index (χ2n) is 4.42. The van der Waals surface area contributed by atoms with E-state index in [1.54, 1.807) is 12.0 Å². The highest BCUT2D eigenvalue weighted by Gasteiger charge is 2.22. The smallest absolute Gasteiger partial charge is 0.311 e. The van der Waals surface area contributed by atoms with E-state index in [1.165, 1.54) is 7.11 Å². The van der Waals surface area contributed by atoms with E-state index in [0.717, 1.165) is 19.5 Å². The van der Waals surface area contributed by atoms with Gasteiger partial charge in [0.2, 0.25) is 0 Å². The zero-order valence-corrected chi connectivity index (χ0v) is 11.6. The van der Waals surface area contributed by atoms with E-state index in [-0.39, 0.29) is 12.6 Å². The molecule has 0 bridgehead atoms. The number of ether oxygens (including phenoxy) is 2. The van der Waals surface area contributed by atoms with Gasteiger partial charge in [0.15, 0.2) is 0 Å². The van der Waals surface area contributed by atoms with Crippen LogP contribution >= 0.6 is 0 Å². The van der Waals surface area contributed by atoms with Gasteiger partial charge in [-0.05, 0) is 13.0 Å². The Hall–Kier alpha value is -1.18. The number of hydrogen-bond acceptors (Lipinski definition) is 5. The first-order valence-corrected chi connectivity index (χ1v) is 6.48. The minimum atomic E-state index is -0.583. The van der Waals surface area contributed by atoms with Gasteiger partial charge < -0.3 is 25.0 Å². The fraction of sp³-hybridized carbons (Fsp3) is 0.833. The van der Waals surface area contributed by atoms with Crippen LogP contribution in [0.2, 0.25) is 0 Å². The van der Waals surface area contributed by atoms with Crippen LogP contribution in [0.3, 0.4) is 0 Å². The van der Waals surface area contributed by atoms with Gasteiger partial charge in [0.1, 0.15) is 0 Å². The van der Waals surface area contributed by atoms with Crippen molar-refractivity contribution >= 4 is 11.8 Å². The van der Waals surface area contributed by atoms with Crippen LogP contribution in [0.4, 0.5) is 0 Å². The van der Waals surface area contributed by atoms with Crippen LogP contribution in [-0.4, -0.2) is 76.4 Å². The lowest BCUT2D eigenvalue weighted by molar-refractivity contribution is -0.146. The maximum atomic E-state index is 11.9. The van der Waals surface area contributed by atoms with Crippen LogP contribution in [0.15, 0.2) is 0 Å². The molecule has 0 aromatic rings.